The van der Waals surface area contributed by atoms with Gasteiger partial charge in [-0.05, 0) is 6.92 Å². The summed E-state index contributed by atoms with van der Waals surface area (Å²) in [5.41, 5.74) is -0.205. The fraction of sp³-hybridized carbons (Fsp3) is 0.222. The van der Waals surface area contributed by atoms with E-state index in [1.807, 2.05) is 0 Å². The van der Waals surface area contributed by atoms with Crippen molar-refractivity contribution < 1.29 is 4.52 Å². The van der Waals surface area contributed by atoms with Gasteiger partial charge in [-0.25, -0.2) is 4.98 Å². The lowest BCUT2D eigenvalue weighted by molar-refractivity contribution is 0.373. The molecule has 0 aliphatic rings. The molecule has 0 aliphatic carbocycles. The molecule has 2 aromatic rings. The van der Waals surface area contributed by atoms with Crippen molar-refractivity contribution in [2.75, 3.05) is 0 Å². The highest BCUT2D eigenvalue weighted by molar-refractivity contribution is 6.29. The van der Waals surface area contributed by atoms with Crippen LogP contribution in [0.1, 0.15) is 11.6 Å². The van der Waals surface area contributed by atoms with Gasteiger partial charge in [-0.2, -0.15) is 0 Å². The summed E-state index contributed by atoms with van der Waals surface area (Å²) < 4.78 is 6.37. The zero-order chi connectivity index (χ0) is 10.8. The molecule has 2 heterocycles. The van der Waals surface area contributed by atoms with E-state index in [4.69, 9.17) is 16.1 Å². The number of hydrogen-bond donors (Lipinski definition) is 0. The Morgan fingerprint density at radius 2 is 2.40 bits per heavy atom. The van der Waals surface area contributed by atoms with E-state index in [2.05, 4.69) is 10.1 Å². The van der Waals surface area contributed by atoms with Crippen LogP contribution in [0.4, 0.5) is 0 Å². The maximum Gasteiger partial charge on any atom is 0.255 e. The van der Waals surface area contributed by atoms with Crippen molar-refractivity contribution in [2.45, 2.75) is 13.5 Å². The number of halogens is 1. The van der Waals surface area contributed by atoms with Gasteiger partial charge < -0.3 is 4.52 Å². The lowest BCUT2D eigenvalue weighted by Crippen LogP contribution is -2.23. The summed E-state index contributed by atoms with van der Waals surface area (Å²) in [6.07, 6.45) is 1.53. The average Bonchev–Trinajstić information content (AvgIpc) is 2.63. The van der Waals surface area contributed by atoms with Crippen LogP contribution in [-0.4, -0.2) is 14.7 Å². The molecule has 0 amide bonds. The second-order valence-corrected chi connectivity index (χ2v) is 3.42. The van der Waals surface area contributed by atoms with Crippen molar-refractivity contribution in [3.05, 3.63) is 45.4 Å². The van der Waals surface area contributed by atoms with E-state index in [0.717, 1.165) is 0 Å². The van der Waals surface area contributed by atoms with E-state index in [1.54, 1.807) is 13.0 Å². The van der Waals surface area contributed by atoms with E-state index < -0.39 is 0 Å². The van der Waals surface area contributed by atoms with E-state index in [-0.39, 0.29) is 10.7 Å². The maximum absolute atomic E-state index is 11.6. The van der Waals surface area contributed by atoms with Crippen LogP contribution in [0.25, 0.3) is 0 Å². The Hall–Kier alpha value is -1.62. The summed E-state index contributed by atoms with van der Waals surface area (Å²) in [6, 6.07) is 2.96. The third-order valence-corrected chi connectivity index (χ3v) is 2.17. The van der Waals surface area contributed by atoms with Crippen LogP contribution in [0, 0.1) is 6.92 Å². The molecule has 6 heteroatoms. The minimum absolute atomic E-state index is 0.200. The normalized spacial score (nSPS) is 10.5. The van der Waals surface area contributed by atoms with Crippen LogP contribution in [-0.2, 0) is 6.54 Å². The zero-order valence-electron chi connectivity index (χ0n) is 7.98. The Balaban J connectivity index is 2.41. The van der Waals surface area contributed by atoms with Gasteiger partial charge in [0.15, 0.2) is 5.76 Å². The molecule has 2 aromatic heterocycles. The van der Waals surface area contributed by atoms with Crippen LogP contribution in [0.3, 0.4) is 0 Å². The second kappa shape index (κ2) is 3.86. The van der Waals surface area contributed by atoms with Crippen molar-refractivity contribution in [1.29, 1.82) is 0 Å². The lowest BCUT2D eigenvalue weighted by Gasteiger charge is -2.05. The summed E-state index contributed by atoms with van der Waals surface area (Å²) in [5.74, 6) is 1.15. The smallest absolute Gasteiger partial charge is 0.255 e. The van der Waals surface area contributed by atoms with E-state index in [1.165, 1.54) is 16.8 Å². The molecule has 0 saturated heterocycles. The van der Waals surface area contributed by atoms with Crippen LogP contribution in [0.5, 0.6) is 0 Å². The van der Waals surface area contributed by atoms with Gasteiger partial charge in [0.1, 0.15) is 11.0 Å². The fourth-order valence-corrected chi connectivity index (χ4v) is 1.47. The summed E-state index contributed by atoms with van der Waals surface area (Å²) in [6.45, 7) is 2.03. The molecule has 0 unspecified atom stereocenters. The molecule has 0 N–H and O–H groups in total. The predicted octanol–water partition coefficient (Wildman–Crippen LogP) is 1.24. The Labute approximate surface area is 90.3 Å². The van der Waals surface area contributed by atoms with Gasteiger partial charge in [-0.1, -0.05) is 16.8 Å². The molecular weight excluding hydrogens is 218 g/mol. The monoisotopic (exact) mass is 225 g/mol. The Morgan fingerprint density at radius 1 is 1.60 bits per heavy atom. The molecule has 0 fully saturated rings. The fourth-order valence-electron chi connectivity index (χ4n) is 1.26. The van der Waals surface area contributed by atoms with Crippen molar-refractivity contribution in [3.8, 4) is 0 Å². The molecule has 2 rings (SSSR count). The number of hydrogen-bond acceptors (Lipinski definition) is 4. The molecule has 0 radical (unpaired) electrons. The first-order chi connectivity index (χ1) is 7.16. The van der Waals surface area contributed by atoms with E-state index in [9.17, 15) is 4.79 Å². The highest BCUT2D eigenvalue weighted by Crippen LogP contribution is 2.04. The average molecular weight is 226 g/mol. The zero-order valence-corrected chi connectivity index (χ0v) is 8.73. The Kier molecular flexibility index (Phi) is 2.55. The van der Waals surface area contributed by atoms with Gasteiger partial charge in [0, 0.05) is 12.1 Å². The summed E-state index contributed by atoms with van der Waals surface area (Å²) >= 11 is 5.64. The molecule has 5 nitrogen and oxygen atoms in total. The van der Waals surface area contributed by atoms with Gasteiger partial charge in [0.25, 0.3) is 5.56 Å². The van der Waals surface area contributed by atoms with Gasteiger partial charge in [-0.15, -0.1) is 0 Å². The maximum atomic E-state index is 11.6. The Bertz CT molecular complexity index is 519. The minimum Gasteiger partial charge on any atom is -0.359 e. The van der Waals surface area contributed by atoms with Gasteiger partial charge in [-0.3, -0.25) is 9.36 Å². The van der Waals surface area contributed by atoms with Crippen molar-refractivity contribution in [1.82, 2.24) is 14.7 Å². The van der Waals surface area contributed by atoms with Crippen molar-refractivity contribution in [3.63, 3.8) is 0 Å². The SMILES string of the molecule is Cc1nc(Cl)cc(=O)n1Cc1ccno1. The van der Waals surface area contributed by atoms with Crippen LogP contribution >= 0.6 is 11.6 Å². The second-order valence-electron chi connectivity index (χ2n) is 3.03. The molecule has 0 aromatic carbocycles. The largest absolute Gasteiger partial charge is 0.359 e. The van der Waals surface area contributed by atoms with E-state index in [0.29, 0.717) is 18.1 Å². The summed E-state index contributed by atoms with van der Waals surface area (Å²) in [7, 11) is 0. The molecule has 15 heavy (non-hydrogen) atoms. The minimum atomic E-state index is -0.205. The molecule has 0 aliphatic heterocycles. The standard InChI is InChI=1S/C9H8ClN3O2/c1-6-12-8(10)4-9(14)13(6)5-7-2-3-11-15-7/h2-4H,5H2,1H3. The van der Waals surface area contributed by atoms with Crippen molar-refractivity contribution >= 4 is 11.6 Å². The van der Waals surface area contributed by atoms with Gasteiger partial charge in [0.2, 0.25) is 0 Å². The quantitative estimate of drug-likeness (QED) is 0.722. The summed E-state index contributed by atoms with van der Waals surface area (Å²) in [5, 5.41) is 3.76. The lowest BCUT2D eigenvalue weighted by atomic mass is 10.4. The summed E-state index contributed by atoms with van der Waals surface area (Å²) in [4.78, 5) is 15.5. The molecule has 0 atom stereocenters. The van der Waals surface area contributed by atoms with Crippen molar-refractivity contribution in [2.24, 2.45) is 0 Å². The van der Waals surface area contributed by atoms with Gasteiger partial charge in [0.05, 0.1) is 12.7 Å². The third kappa shape index (κ3) is 2.07. The van der Waals surface area contributed by atoms with Crippen LogP contribution in [0.15, 0.2) is 27.6 Å². The first-order valence-electron chi connectivity index (χ1n) is 4.30. The van der Waals surface area contributed by atoms with Gasteiger partial charge >= 0.3 is 0 Å². The molecule has 0 bridgehead atoms. The first kappa shape index (κ1) is 9.92. The number of aryl methyl sites for hydroxylation is 1. The molecular formula is C9H8ClN3O2. The van der Waals surface area contributed by atoms with Crippen LogP contribution < -0.4 is 5.56 Å². The highest BCUT2D eigenvalue weighted by Gasteiger charge is 2.06. The predicted molar refractivity (Wildman–Crippen MR) is 53.8 cm³/mol. The Morgan fingerprint density at radius 3 is 3.00 bits per heavy atom. The number of aromatic nitrogens is 3. The molecule has 78 valence electrons. The topological polar surface area (TPSA) is 60.9 Å². The van der Waals surface area contributed by atoms with E-state index >= 15 is 0 Å². The highest BCUT2D eigenvalue weighted by atomic mass is 35.5. The number of rotatable bonds is 2. The molecule has 0 spiro atoms. The third-order valence-electron chi connectivity index (χ3n) is 1.97. The number of nitrogens with zero attached hydrogens (tertiary/aromatic N) is 3. The van der Waals surface area contributed by atoms with Crippen LogP contribution in [0.2, 0.25) is 5.15 Å². The molecule has 0 saturated carbocycles. The first-order valence-corrected chi connectivity index (χ1v) is 4.68.